The van der Waals surface area contributed by atoms with Gasteiger partial charge < -0.3 is 60.5 Å². The van der Waals surface area contributed by atoms with Crippen molar-refractivity contribution in [3.05, 3.63) is 64.2 Å². The molecule has 2 saturated heterocycles. The Morgan fingerprint density at radius 3 is 2.29 bits per heavy atom. The third kappa shape index (κ3) is 17.1. The number of ether oxygens (including phenoxy) is 6. The topological polar surface area (TPSA) is 205 Å². The first kappa shape index (κ1) is 63.8. The predicted octanol–water partition coefficient (Wildman–Crippen LogP) is 4.09. The number of aliphatic hydroxyl groups excluding tert-OH is 1. The number of rotatable bonds is 9. The first-order chi connectivity index (χ1) is 35.1. The lowest BCUT2D eigenvalue weighted by molar-refractivity contribution is -0.687. The summed E-state index contributed by atoms with van der Waals surface area (Å²) in [5.41, 5.74) is 3.96. The monoisotopic (exact) mass is 1130 g/mol. The zero-order valence-electron chi connectivity index (χ0n) is 46.1. The van der Waals surface area contributed by atoms with Crippen molar-refractivity contribution < 1.29 is 89.0 Å². The number of hydrogen-bond donors (Lipinski definition) is 2. The van der Waals surface area contributed by atoms with Crippen molar-refractivity contribution in [3.63, 3.8) is 0 Å². The lowest BCUT2D eigenvalue weighted by atomic mass is 9.78. The zero-order valence-corrected chi connectivity index (χ0v) is 48.5. The molecule has 0 radical (unpaired) electrons. The van der Waals surface area contributed by atoms with Crippen LogP contribution in [0.5, 0.6) is 0 Å². The number of nitrogens with zero attached hydrogens (tertiary/aromatic N) is 2. The van der Waals surface area contributed by atoms with E-state index in [1.807, 2.05) is 70.4 Å². The predicted molar refractivity (Wildman–Crippen MR) is 278 cm³/mol. The van der Waals surface area contributed by atoms with Gasteiger partial charge in [0.15, 0.2) is 23.7 Å². The minimum Gasteiger partial charge on any atom is -1.00 e. The quantitative estimate of drug-likeness (QED) is 0.155. The van der Waals surface area contributed by atoms with Crippen LogP contribution in [0.15, 0.2) is 58.5 Å². The number of esters is 2. The minimum absolute atomic E-state index is 0. The van der Waals surface area contributed by atoms with Crippen molar-refractivity contribution in [2.75, 3.05) is 27.9 Å². The van der Waals surface area contributed by atoms with Crippen LogP contribution in [-0.4, -0.2) is 133 Å². The van der Waals surface area contributed by atoms with E-state index in [2.05, 4.69) is 0 Å². The van der Waals surface area contributed by atoms with Crippen LogP contribution in [0.2, 0.25) is 0 Å². The molecule has 4 heterocycles. The van der Waals surface area contributed by atoms with Crippen LogP contribution < -0.4 is 21.5 Å². The Balaban J connectivity index is 0.0000122. The number of thiazole rings is 1. The number of hydrogen-bond acceptors (Lipinski definition) is 15. The van der Waals surface area contributed by atoms with E-state index in [0.717, 1.165) is 11.3 Å². The molecule has 16 nitrogen and oxygen atoms in total. The molecule has 1 amide bonds. The van der Waals surface area contributed by atoms with Crippen LogP contribution in [0.1, 0.15) is 131 Å². The Morgan fingerprint density at radius 1 is 0.893 bits per heavy atom. The number of aliphatic hydroxyl groups is 2. The number of halogens is 1. The number of Topliss-reactive ketones (excluding diaryl/α,β-unsaturated/α-hetero) is 3. The molecule has 75 heavy (non-hydrogen) atoms. The van der Waals surface area contributed by atoms with E-state index in [0.29, 0.717) is 69.8 Å². The van der Waals surface area contributed by atoms with Crippen molar-refractivity contribution in [1.29, 1.82) is 0 Å². The number of fused-ring (bicyclic) bond motifs is 3. The number of aromatic nitrogens is 1. The lowest BCUT2D eigenvalue weighted by Gasteiger charge is -2.42. The van der Waals surface area contributed by atoms with Gasteiger partial charge in [0.25, 0.3) is 11.7 Å². The Labute approximate surface area is 459 Å². The van der Waals surface area contributed by atoms with E-state index in [-0.39, 0.29) is 78.3 Å². The Kier molecular flexibility index (Phi) is 25.4. The molecule has 1 aromatic rings. The van der Waals surface area contributed by atoms with Gasteiger partial charge in [-0.25, -0.2) is 9.59 Å². The molecule has 1 saturated carbocycles. The molecule has 0 aromatic carbocycles. The molecule has 18 heteroatoms. The van der Waals surface area contributed by atoms with Crippen LogP contribution in [0.3, 0.4) is 0 Å². The van der Waals surface area contributed by atoms with Gasteiger partial charge in [-0.05, 0) is 107 Å². The van der Waals surface area contributed by atoms with Gasteiger partial charge in [-0.2, -0.15) is 4.57 Å². The van der Waals surface area contributed by atoms with Crippen LogP contribution in [0.25, 0.3) is 0 Å². The number of carbonyl (C=O) groups excluding carboxylic acids is 6. The van der Waals surface area contributed by atoms with E-state index in [1.165, 1.54) is 23.3 Å². The summed E-state index contributed by atoms with van der Waals surface area (Å²) in [7, 11) is 4.54. The summed E-state index contributed by atoms with van der Waals surface area (Å²) in [6.45, 7) is 14.6. The van der Waals surface area contributed by atoms with Crippen LogP contribution in [0, 0.1) is 42.4 Å². The van der Waals surface area contributed by atoms with Gasteiger partial charge in [-0.1, -0.05) is 82.4 Å². The second-order valence-electron chi connectivity index (χ2n) is 21.7. The van der Waals surface area contributed by atoms with Crippen molar-refractivity contribution in [2.45, 2.75) is 194 Å². The summed E-state index contributed by atoms with van der Waals surface area (Å²) in [5.74, 6) is -8.94. The van der Waals surface area contributed by atoms with Gasteiger partial charge in [-0.15, -0.1) is 0 Å². The van der Waals surface area contributed by atoms with Crippen molar-refractivity contribution in [2.24, 2.45) is 35.5 Å². The third-order valence-electron chi connectivity index (χ3n) is 15.9. The molecular formula is C57H85BrN2O14S. The Morgan fingerprint density at radius 2 is 1.63 bits per heavy atom. The average Bonchev–Trinajstić information content (AvgIpc) is 3.78. The smallest absolute Gasteiger partial charge is 0.373 e. The highest BCUT2D eigenvalue weighted by Gasteiger charge is 2.53. The number of piperidine rings is 1. The second kappa shape index (κ2) is 29.8. The van der Waals surface area contributed by atoms with E-state index in [9.17, 15) is 39.0 Å². The molecule has 2 bridgehead atoms. The molecule has 1 aliphatic carbocycles. The van der Waals surface area contributed by atoms with E-state index >= 15 is 0 Å². The highest BCUT2D eigenvalue weighted by atomic mass is 79.9. The van der Waals surface area contributed by atoms with Crippen LogP contribution in [-0.2, 0) is 63.7 Å². The highest BCUT2D eigenvalue weighted by molar-refractivity contribution is 7.07. The van der Waals surface area contributed by atoms with Gasteiger partial charge in [0.05, 0.1) is 29.8 Å². The molecule has 4 aliphatic rings. The molecule has 5 rings (SSSR count). The maximum absolute atomic E-state index is 14.6. The fourth-order valence-corrected chi connectivity index (χ4v) is 11.9. The van der Waals surface area contributed by atoms with Crippen LogP contribution >= 0.6 is 11.3 Å². The van der Waals surface area contributed by atoms with Gasteiger partial charge in [-0.3, -0.25) is 19.2 Å². The van der Waals surface area contributed by atoms with Gasteiger partial charge in [0, 0.05) is 65.4 Å². The standard InChI is InChI=1S/C57H85N2O14S.BrH/c1-34-17-13-12-14-18-35(2)47(68-9)29-43-22-20-40(7)57(67,73-43)54(64)55(65)59-24-16-15-19-44(59)56(66)71-48(37(4)27-42-21-23-45(60)49(28-42)69-10)30-46(61)36(3)26-39(6)52(53(70-11)51(63)38(5)25-34)72-50(62)31-58-33-74-32-41(58)8;/h12-14,17-18,26,32-34,36-38,40,42-45,47-49,52-53,60,67H,15-16,19-25,27-31H2,1-11H3;1H/q+1;/p-1/b14-12+,17-13+,35-18+,39-26+;/t34-,36-,37-,38-,40-,42+,43+,44+,45-,47+,48+,49-,52-,53+,57-;/m1./s1. The van der Waals surface area contributed by atoms with Crippen molar-refractivity contribution >= 4 is 46.5 Å². The highest BCUT2D eigenvalue weighted by Crippen LogP contribution is 2.38. The average molecular weight is 1130 g/mol. The lowest BCUT2D eigenvalue weighted by Crippen LogP contribution is -3.00. The summed E-state index contributed by atoms with van der Waals surface area (Å²) >= 11 is 1.44. The maximum Gasteiger partial charge on any atom is 0.373 e. The van der Waals surface area contributed by atoms with Gasteiger partial charge in [0.1, 0.15) is 17.9 Å². The molecule has 2 N–H and O–H groups in total. The summed E-state index contributed by atoms with van der Waals surface area (Å²) in [5, 5.41) is 24.5. The van der Waals surface area contributed by atoms with E-state index < -0.39 is 89.8 Å². The number of aryl methyl sites for hydroxylation is 1. The molecule has 420 valence electrons. The fourth-order valence-electron chi connectivity index (χ4n) is 11.1. The number of allylic oxidation sites excluding steroid dienone is 6. The fraction of sp³-hybridized carbons (Fsp3) is 0.702. The molecule has 3 aliphatic heterocycles. The number of carbonyl (C=O) groups is 6. The minimum atomic E-state index is -2.45. The number of cyclic esters (lactones) is 1. The third-order valence-corrected chi connectivity index (χ3v) is 16.7. The molecule has 0 unspecified atom stereocenters. The van der Waals surface area contributed by atoms with Gasteiger partial charge in [0.2, 0.25) is 17.8 Å². The Bertz CT molecular complexity index is 2230. The normalized spacial score (nSPS) is 36.4. The molecular weight excluding hydrogens is 1050 g/mol. The first-order valence-corrected chi connectivity index (χ1v) is 27.7. The summed E-state index contributed by atoms with van der Waals surface area (Å²) < 4.78 is 37.8. The molecule has 1 aromatic heterocycles. The summed E-state index contributed by atoms with van der Waals surface area (Å²) in [4.78, 5) is 87.1. The SMILES string of the molecule is CO[C@H]1C[C@@H]2CC[C@@H](C)[C@@](O)(O2)C(=O)C(=O)N2CCCC[C@H]2C(=O)O[C@H]([C@H](C)C[C@@H]2CC[C@@H](O)[C@H](OC)C2)CC(=O)[C@H](C)/C=C(\C)[C@@H](OC(=O)C[n+]2cscc2C)[C@@H](OC)C(=O)[C@H](C)C[C@H](C)/C=C/C=C/C=C/1C.[Br-]. The number of ketones is 3. The van der Waals surface area contributed by atoms with Gasteiger partial charge >= 0.3 is 11.9 Å². The van der Waals surface area contributed by atoms with Crippen molar-refractivity contribution in [3.8, 4) is 0 Å². The second-order valence-corrected chi connectivity index (χ2v) is 22.4. The number of amides is 1. The number of methoxy groups -OCH3 is 3. The first-order valence-electron chi connectivity index (χ1n) is 26.7. The van der Waals surface area contributed by atoms with E-state index in [4.69, 9.17) is 28.4 Å². The molecule has 0 spiro atoms. The van der Waals surface area contributed by atoms with E-state index in [1.54, 1.807) is 51.1 Å². The molecule has 3 fully saturated rings. The largest absolute Gasteiger partial charge is 1.00 e. The summed E-state index contributed by atoms with van der Waals surface area (Å²) in [6, 6.07) is -1.17. The maximum atomic E-state index is 14.6. The van der Waals surface area contributed by atoms with Crippen LogP contribution in [0.4, 0.5) is 0 Å². The Hall–Kier alpha value is -3.75. The summed E-state index contributed by atoms with van der Waals surface area (Å²) in [6.07, 6.45) is 10.9. The zero-order chi connectivity index (χ0) is 54.4. The van der Waals surface area contributed by atoms with Crippen molar-refractivity contribution in [1.82, 2.24) is 4.90 Å². The molecule has 15 atom stereocenters.